The lowest BCUT2D eigenvalue weighted by molar-refractivity contribution is 0.101. The van der Waals surface area contributed by atoms with Crippen molar-refractivity contribution in [1.29, 1.82) is 0 Å². The van der Waals surface area contributed by atoms with E-state index in [2.05, 4.69) is 15.3 Å². The van der Waals surface area contributed by atoms with Gasteiger partial charge in [0.15, 0.2) is 11.4 Å². The second-order valence-electron chi connectivity index (χ2n) is 6.43. The van der Waals surface area contributed by atoms with Gasteiger partial charge in [-0.25, -0.2) is 4.68 Å². The first-order valence-corrected chi connectivity index (χ1v) is 9.18. The number of hydrogen-bond acceptors (Lipinski definition) is 5. The van der Waals surface area contributed by atoms with Crippen LogP contribution >= 0.6 is 0 Å². The first-order valence-electron chi connectivity index (χ1n) is 9.18. The third-order valence-corrected chi connectivity index (χ3v) is 4.62. The third-order valence-electron chi connectivity index (χ3n) is 4.62. The van der Waals surface area contributed by atoms with Crippen LogP contribution in [0.5, 0.6) is 5.75 Å². The van der Waals surface area contributed by atoms with Crippen LogP contribution in [0.1, 0.15) is 10.5 Å². The van der Waals surface area contributed by atoms with Gasteiger partial charge in [-0.2, -0.15) is 5.10 Å². The SMILES string of the molecule is COc1cn(-c2ccccc2)nc1C(=O)Nc1cccc(N2CCOCC2)c1. The van der Waals surface area contributed by atoms with E-state index in [0.29, 0.717) is 24.7 Å². The summed E-state index contributed by atoms with van der Waals surface area (Å²) in [7, 11) is 1.53. The fourth-order valence-corrected chi connectivity index (χ4v) is 3.17. The van der Waals surface area contributed by atoms with E-state index in [0.717, 1.165) is 24.5 Å². The van der Waals surface area contributed by atoms with Crippen LogP contribution in [0.15, 0.2) is 60.8 Å². The van der Waals surface area contributed by atoms with Crippen LogP contribution in [0.2, 0.25) is 0 Å². The van der Waals surface area contributed by atoms with Gasteiger partial charge in [0, 0.05) is 24.5 Å². The second-order valence-corrected chi connectivity index (χ2v) is 6.43. The molecule has 1 aliphatic rings. The molecular formula is C21H22N4O3. The van der Waals surface area contributed by atoms with Crippen LogP contribution in [0.25, 0.3) is 5.69 Å². The summed E-state index contributed by atoms with van der Waals surface area (Å²) in [6.45, 7) is 3.11. The van der Waals surface area contributed by atoms with Gasteiger partial charge >= 0.3 is 0 Å². The molecule has 0 bridgehead atoms. The third kappa shape index (κ3) is 3.84. The number of benzene rings is 2. The quantitative estimate of drug-likeness (QED) is 0.739. The Hall–Kier alpha value is -3.32. The lowest BCUT2D eigenvalue weighted by atomic mass is 10.2. The van der Waals surface area contributed by atoms with Gasteiger partial charge in [0.2, 0.25) is 0 Å². The molecular weight excluding hydrogens is 356 g/mol. The molecule has 4 rings (SSSR count). The van der Waals surface area contributed by atoms with Crippen molar-refractivity contribution in [2.24, 2.45) is 0 Å². The molecule has 7 nitrogen and oxygen atoms in total. The van der Waals surface area contributed by atoms with Crippen molar-refractivity contribution in [2.75, 3.05) is 43.6 Å². The smallest absolute Gasteiger partial charge is 0.280 e. The Morgan fingerprint density at radius 2 is 1.82 bits per heavy atom. The van der Waals surface area contributed by atoms with Crippen LogP contribution in [-0.4, -0.2) is 49.1 Å². The highest BCUT2D eigenvalue weighted by Crippen LogP contribution is 2.23. The zero-order valence-electron chi connectivity index (χ0n) is 15.7. The van der Waals surface area contributed by atoms with Gasteiger partial charge < -0.3 is 19.7 Å². The number of ether oxygens (including phenoxy) is 2. The Morgan fingerprint density at radius 3 is 2.57 bits per heavy atom. The van der Waals surface area contributed by atoms with E-state index in [1.54, 1.807) is 10.9 Å². The number of para-hydroxylation sites is 1. The minimum Gasteiger partial charge on any atom is -0.493 e. The van der Waals surface area contributed by atoms with Crippen molar-refractivity contribution >= 4 is 17.3 Å². The molecule has 28 heavy (non-hydrogen) atoms. The minimum atomic E-state index is -0.314. The molecule has 1 N–H and O–H groups in total. The van der Waals surface area contributed by atoms with E-state index in [1.807, 2.05) is 54.6 Å². The number of nitrogens with one attached hydrogen (secondary N) is 1. The fourth-order valence-electron chi connectivity index (χ4n) is 3.17. The summed E-state index contributed by atoms with van der Waals surface area (Å²) < 4.78 is 12.4. The molecule has 1 amide bonds. The van der Waals surface area contributed by atoms with E-state index in [1.165, 1.54) is 7.11 Å². The number of nitrogens with zero attached hydrogens (tertiary/aromatic N) is 3. The maximum Gasteiger partial charge on any atom is 0.280 e. The van der Waals surface area contributed by atoms with Crippen LogP contribution in [0.3, 0.4) is 0 Å². The molecule has 0 saturated carbocycles. The van der Waals surface area contributed by atoms with Gasteiger partial charge in [0.1, 0.15) is 0 Å². The second kappa shape index (κ2) is 8.14. The van der Waals surface area contributed by atoms with Gasteiger partial charge in [-0.1, -0.05) is 24.3 Å². The lowest BCUT2D eigenvalue weighted by Crippen LogP contribution is -2.36. The molecule has 1 saturated heterocycles. The zero-order chi connectivity index (χ0) is 19.3. The monoisotopic (exact) mass is 378 g/mol. The molecule has 1 aromatic heterocycles. The topological polar surface area (TPSA) is 68.6 Å². The standard InChI is InChI=1S/C21H22N4O3/c1-27-19-15-25(17-7-3-2-4-8-17)23-20(19)21(26)22-16-6-5-9-18(14-16)24-10-12-28-13-11-24/h2-9,14-15H,10-13H2,1H3,(H,22,26). The van der Waals surface area contributed by atoms with Crippen LogP contribution in [-0.2, 0) is 4.74 Å². The first-order chi connectivity index (χ1) is 13.7. The molecule has 1 fully saturated rings. The Morgan fingerprint density at radius 1 is 1.07 bits per heavy atom. The summed E-state index contributed by atoms with van der Waals surface area (Å²) in [5, 5.41) is 7.34. The van der Waals surface area contributed by atoms with Crippen molar-refractivity contribution in [1.82, 2.24) is 9.78 Å². The maximum absolute atomic E-state index is 12.8. The van der Waals surface area contributed by atoms with Gasteiger partial charge in [0.05, 0.1) is 32.2 Å². The Kier molecular flexibility index (Phi) is 5.25. The van der Waals surface area contributed by atoms with E-state index < -0.39 is 0 Å². The molecule has 0 aliphatic carbocycles. The molecule has 1 aliphatic heterocycles. The highest BCUT2D eigenvalue weighted by atomic mass is 16.5. The minimum absolute atomic E-state index is 0.239. The highest BCUT2D eigenvalue weighted by molar-refractivity contribution is 6.05. The molecule has 0 unspecified atom stereocenters. The lowest BCUT2D eigenvalue weighted by Gasteiger charge is -2.29. The molecule has 7 heteroatoms. The molecule has 144 valence electrons. The largest absolute Gasteiger partial charge is 0.493 e. The molecule has 0 spiro atoms. The van der Waals surface area contributed by atoms with E-state index in [4.69, 9.17) is 9.47 Å². The van der Waals surface area contributed by atoms with Crippen LogP contribution in [0.4, 0.5) is 11.4 Å². The van der Waals surface area contributed by atoms with Crippen LogP contribution < -0.4 is 15.0 Å². The molecule has 0 atom stereocenters. The fraction of sp³-hybridized carbons (Fsp3) is 0.238. The Labute approximate surface area is 163 Å². The molecule has 2 aromatic carbocycles. The average molecular weight is 378 g/mol. The summed E-state index contributed by atoms with van der Waals surface area (Å²) in [5.74, 6) is 0.108. The Balaban J connectivity index is 1.54. The average Bonchev–Trinajstić information content (AvgIpc) is 3.20. The van der Waals surface area contributed by atoms with Crippen LogP contribution in [0, 0.1) is 0 Å². The van der Waals surface area contributed by atoms with E-state index in [9.17, 15) is 4.79 Å². The van der Waals surface area contributed by atoms with E-state index >= 15 is 0 Å². The number of carbonyl (C=O) groups excluding carboxylic acids is 1. The van der Waals surface area contributed by atoms with Gasteiger partial charge in [-0.15, -0.1) is 0 Å². The number of rotatable bonds is 5. The number of hydrogen-bond donors (Lipinski definition) is 1. The highest BCUT2D eigenvalue weighted by Gasteiger charge is 2.19. The number of methoxy groups -OCH3 is 1. The van der Waals surface area contributed by atoms with Gasteiger partial charge in [0.25, 0.3) is 5.91 Å². The van der Waals surface area contributed by atoms with Crippen molar-refractivity contribution < 1.29 is 14.3 Å². The number of morpholine rings is 1. The number of amides is 1. The predicted octanol–water partition coefficient (Wildman–Crippen LogP) is 2.97. The molecule has 0 radical (unpaired) electrons. The number of aromatic nitrogens is 2. The molecule has 3 aromatic rings. The van der Waals surface area contributed by atoms with Crippen molar-refractivity contribution in [3.63, 3.8) is 0 Å². The first kappa shape index (κ1) is 18.1. The van der Waals surface area contributed by atoms with Crippen molar-refractivity contribution in [3.05, 3.63) is 66.5 Å². The summed E-state index contributed by atoms with van der Waals surface area (Å²) in [4.78, 5) is 15.1. The maximum atomic E-state index is 12.8. The number of anilines is 2. The zero-order valence-corrected chi connectivity index (χ0v) is 15.7. The normalized spacial score (nSPS) is 14.0. The van der Waals surface area contributed by atoms with Gasteiger partial charge in [-0.05, 0) is 30.3 Å². The van der Waals surface area contributed by atoms with Crippen molar-refractivity contribution in [3.8, 4) is 11.4 Å². The summed E-state index contributed by atoms with van der Waals surface area (Å²) in [6, 6.07) is 17.4. The van der Waals surface area contributed by atoms with E-state index in [-0.39, 0.29) is 11.6 Å². The summed E-state index contributed by atoms with van der Waals surface area (Å²) >= 11 is 0. The summed E-state index contributed by atoms with van der Waals surface area (Å²) in [6.07, 6.45) is 1.70. The van der Waals surface area contributed by atoms with Crippen molar-refractivity contribution in [2.45, 2.75) is 0 Å². The molecule has 2 heterocycles. The number of carbonyl (C=O) groups is 1. The van der Waals surface area contributed by atoms with Gasteiger partial charge in [-0.3, -0.25) is 4.79 Å². The summed E-state index contributed by atoms with van der Waals surface area (Å²) in [5.41, 5.74) is 2.87. The Bertz CT molecular complexity index is 949. The predicted molar refractivity (Wildman–Crippen MR) is 108 cm³/mol.